The van der Waals surface area contributed by atoms with E-state index in [1.807, 2.05) is 98.1 Å². The minimum atomic E-state index is 0.767. The molecule has 648 valence electrons. The Labute approximate surface area is 796 Å². The van der Waals surface area contributed by atoms with Crippen LogP contribution in [-0.2, 0) is 51.4 Å². The molecular weight excluding hydrogens is 1710 g/mol. The summed E-state index contributed by atoms with van der Waals surface area (Å²) < 4.78 is 8.92. The molecule has 8 aliphatic rings. The Morgan fingerprint density at radius 2 is 0.464 bits per heavy atom. The summed E-state index contributed by atoms with van der Waals surface area (Å²) in [5.41, 5.74) is 63.8. The third kappa shape index (κ3) is 10.3. The number of rotatable bonds is 0. The minimum Gasteiger partial charge on any atom is -0.288 e. The zero-order valence-corrected chi connectivity index (χ0v) is 75.1. The van der Waals surface area contributed by atoms with Crippen molar-refractivity contribution >= 4 is 154 Å². The van der Waals surface area contributed by atoms with Crippen molar-refractivity contribution in [1.29, 1.82) is 0 Å². The van der Waals surface area contributed by atoms with Crippen LogP contribution >= 0.6 is 0 Å². The fourth-order valence-corrected chi connectivity index (χ4v) is 25.9. The molecule has 0 unspecified atom stereocenters. The summed E-state index contributed by atoms with van der Waals surface area (Å²) in [6.07, 6.45) is 22.6. The molecule has 140 heavy (non-hydrogen) atoms. The van der Waals surface area contributed by atoms with Crippen molar-refractivity contribution in [3.8, 4) is 89.0 Å². The van der Waals surface area contributed by atoms with Crippen LogP contribution in [0.15, 0.2) is 341 Å². The van der Waals surface area contributed by atoms with Crippen LogP contribution in [0.5, 0.6) is 0 Å². The Bertz CT molecular complexity index is 10700. The smallest absolute Gasteiger partial charge is 0.178 e. The predicted molar refractivity (Wildman–Crippen MR) is 559 cm³/mol. The Hall–Kier alpha value is -18.3. The first-order chi connectivity index (χ1) is 69.4. The van der Waals surface area contributed by atoms with Gasteiger partial charge in [-0.25, -0.2) is 39.9 Å². The van der Waals surface area contributed by atoms with Crippen molar-refractivity contribution in [2.75, 3.05) is 0 Å². The molecule has 0 saturated carbocycles. The van der Waals surface area contributed by atoms with E-state index in [0.717, 1.165) is 195 Å². The van der Waals surface area contributed by atoms with Crippen LogP contribution < -0.4 is 0 Å². The molecule has 36 rings (SSSR count). The third-order valence-corrected chi connectivity index (χ3v) is 31.7. The monoisotopic (exact) mass is 1780 g/mol. The maximum Gasteiger partial charge on any atom is 0.178 e. The minimum absolute atomic E-state index is 0.767. The number of aromatic nitrogens is 16. The molecule has 16 aromatic heterocycles. The van der Waals surface area contributed by atoms with Crippen molar-refractivity contribution in [3.05, 3.63) is 430 Å². The zero-order valence-electron chi connectivity index (χ0n) is 75.1. The lowest BCUT2D eigenvalue weighted by Gasteiger charge is -2.13. The molecule has 16 nitrogen and oxygen atoms in total. The average Bonchev–Trinajstić information content (AvgIpc) is 1.55. The highest BCUT2D eigenvalue weighted by atomic mass is 15.1. The highest BCUT2D eigenvalue weighted by Crippen LogP contribution is 2.56. The van der Waals surface area contributed by atoms with Gasteiger partial charge >= 0.3 is 0 Å². The number of hydrogen-bond acceptors (Lipinski definition) is 12. The Morgan fingerprint density at radius 3 is 0.979 bits per heavy atom. The summed E-state index contributed by atoms with van der Waals surface area (Å²) >= 11 is 0. The molecule has 16 heterocycles. The first-order valence-electron chi connectivity index (χ1n) is 48.2. The molecule has 0 saturated heterocycles. The largest absolute Gasteiger partial charge is 0.288 e. The maximum atomic E-state index is 5.07. The summed E-state index contributed by atoms with van der Waals surface area (Å²) in [4.78, 5) is 57.7. The van der Waals surface area contributed by atoms with Crippen LogP contribution in [0.4, 0.5) is 0 Å². The number of fused-ring (bicyclic) bond motifs is 60. The summed E-state index contributed by atoms with van der Waals surface area (Å²) in [5, 5.41) is 9.29. The lowest BCUT2D eigenvalue weighted by molar-refractivity contribution is 1.22. The molecule has 0 N–H and O–H groups in total. The quantitative estimate of drug-likeness (QED) is 0.132. The summed E-state index contributed by atoms with van der Waals surface area (Å²) in [6, 6.07) is 106. The highest BCUT2D eigenvalue weighted by Gasteiger charge is 2.37. The molecule has 0 spiro atoms. The number of hydrogen-bond donors (Lipinski definition) is 0. The second kappa shape index (κ2) is 27.7. The maximum absolute atomic E-state index is 5.07. The molecule has 0 aliphatic heterocycles. The summed E-state index contributed by atoms with van der Waals surface area (Å²) in [7, 11) is 0. The zero-order chi connectivity index (χ0) is 90.7. The standard InChI is InChI=1S/4C31H18N4/c1-2-6-20-17(5-1)15-18-9-10-19-16-23-21(27(19)26(18)20)11-12-22-28(23)31-34-30-25(8-4-14-33-30)35(31)24-7-3-13-32-29(22)24;1-2-6-20-17(5-1)13-18-14-19-15-25-21(24(19)16-23(18)20)9-10-22-28(25)31-34-30-27(8-4-12-33-30)35(31)26-7-3-11-32-29(22)26;1-2-6-20-17(5-1)13-18-9-10-21-22-16-24-25(15-19(22)14-23(21)28(18)20)31-34-30-27(8-4-12-33-30)35(31)26-7-3-11-32-29(24)26;1-2-6-21-17(5-1)11-18-14-23-19(13-22(18)21)12-20-15-26-25(16-24(20)23)29-27(7-3-9-32-29)35-28-8-4-10-33-30(28)34-31(26)35/h1-14H,15-16H2;1-12,14,16H,13,15H2;1-12,15-16H,13-14H2;1-10,13-16H,11-12H2. The Kier molecular flexibility index (Phi) is 14.9. The molecule has 0 bridgehead atoms. The summed E-state index contributed by atoms with van der Waals surface area (Å²) in [6.45, 7) is 0. The number of pyridine rings is 12. The van der Waals surface area contributed by atoms with E-state index >= 15 is 0 Å². The highest BCUT2D eigenvalue weighted by molar-refractivity contribution is 6.20. The fourth-order valence-electron chi connectivity index (χ4n) is 25.9. The van der Waals surface area contributed by atoms with Crippen molar-refractivity contribution in [2.24, 2.45) is 0 Å². The van der Waals surface area contributed by atoms with Crippen molar-refractivity contribution in [1.82, 2.24) is 77.4 Å². The SMILES string of the molecule is c1ccc2c(c1)Cc1cc3c(cc1-2)-c1ccc2c4ncccc4n4c5cccnc5nc4c2c1C3.c1ccc2c(c1)Cc1cc3c(cc1-2)Cc1cc2c(cc1-3)c1ncccc1n1c3cccnc3nc21.c1ccc2c(c1)Cc1ccc3c(c1-2)-c1ccc2c4ncccc4n4c5cccnc5nc4c2c1C3.c1ccc2c(c1)Cc1ccc3c(c1-2)Cc1cc2c(cc1-3)c1ncccc1n1c3cccnc3nc21. The molecule has 12 aromatic carbocycles. The van der Waals surface area contributed by atoms with Crippen LogP contribution in [0.1, 0.15) is 89.0 Å². The van der Waals surface area contributed by atoms with Gasteiger partial charge in [-0.2, -0.15) is 0 Å². The van der Waals surface area contributed by atoms with Crippen molar-refractivity contribution < 1.29 is 0 Å². The second-order valence-corrected chi connectivity index (χ2v) is 38.7. The Balaban J connectivity index is 0.0000000829. The Morgan fingerprint density at radius 1 is 0.164 bits per heavy atom. The number of imidazole rings is 4. The number of benzene rings is 12. The predicted octanol–water partition coefficient (Wildman–Crippen LogP) is 26.9. The van der Waals surface area contributed by atoms with Crippen LogP contribution in [0.25, 0.3) is 243 Å². The lowest BCUT2D eigenvalue weighted by Crippen LogP contribution is -1.96. The molecule has 0 atom stereocenters. The molecule has 16 heteroatoms. The van der Waals surface area contributed by atoms with Crippen LogP contribution in [0, 0.1) is 0 Å². The van der Waals surface area contributed by atoms with Gasteiger partial charge in [0.15, 0.2) is 22.6 Å². The second-order valence-electron chi connectivity index (χ2n) is 38.7. The molecular formula is C124H72N16. The lowest BCUT2D eigenvalue weighted by atomic mass is 9.93. The van der Waals surface area contributed by atoms with E-state index in [0.29, 0.717) is 0 Å². The summed E-state index contributed by atoms with van der Waals surface area (Å²) in [5.74, 6) is 0. The van der Waals surface area contributed by atoms with Crippen molar-refractivity contribution in [3.63, 3.8) is 0 Å². The van der Waals surface area contributed by atoms with Crippen molar-refractivity contribution in [2.45, 2.75) is 51.4 Å². The van der Waals surface area contributed by atoms with Gasteiger partial charge in [-0.1, -0.05) is 152 Å². The van der Waals surface area contributed by atoms with Gasteiger partial charge in [-0.05, 0) is 369 Å². The normalized spacial score (nSPS) is 13.5. The third-order valence-electron chi connectivity index (χ3n) is 31.7. The van der Waals surface area contributed by atoms with Crippen LogP contribution in [0.2, 0.25) is 0 Å². The van der Waals surface area contributed by atoms with Gasteiger partial charge in [0.2, 0.25) is 0 Å². The van der Waals surface area contributed by atoms with Gasteiger partial charge in [0.1, 0.15) is 22.6 Å². The first kappa shape index (κ1) is 75.1. The fraction of sp³-hybridized carbons (Fsp3) is 0.0645. The topological polar surface area (TPSA) is 172 Å². The van der Waals surface area contributed by atoms with Gasteiger partial charge < -0.3 is 0 Å². The van der Waals surface area contributed by atoms with Crippen LogP contribution in [0.3, 0.4) is 0 Å². The van der Waals surface area contributed by atoms with E-state index in [9.17, 15) is 0 Å². The first-order valence-corrected chi connectivity index (χ1v) is 48.2. The van der Waals surface area contributed by atoms with Gasteiger partial charge in [-0.15, -0.1) is 0 Å². The molecule has 8 aliphatic carbocycles. The van der Waals surface area contributed by atoms with E-state index in [1.54, 1.807) is 0 Å². The van der Waals surface area contributed by atoms with Gasteiger partial charge in [0, 0.05) is 92.7 Å². The molecule has 0 radical (unpaired) electrons. The van der Waals surface area contributed by atoms with Gasteiger partial charge in [-0.3, -0.25) is 37.5 Å². The molecule has 28 aromatic rings. The van der Waals surface area contributed by atoms with E-state index in [-0.39, 0.29) is 0 Å². The molecule has 0 fully saturated rings. The van der Waals surface area contributed by atoms with E-state index in [2.05, 4.69) is 280 Å². The van der Waals surface area contributed by atoms with Crippen LogP contribution in [-0.4, -0.2) is 77.4 Å². The molecule has 0 amide bonds. The average molecular weight is 1790 g/mol. The van der Waals surface area contributed by atoms with E-state index in [4.69, 9.17) is 39.9 Å². The van der Waals surface area contributed by atoms with E-state index < -0.39 is 0 Å². The van der Waals surface area contributed by atoms with Gasteiger partial charge in [0.25, 0.3) is 0 Å². The number of nitrogens with zero attached hydrogens (tertiary/aromatic N) is 16. The van der Waals surface area contributed by atoms with E-state index in [1.165, 1.54) is 189 Å². The van der Waals surface area contributed by atoms with Gasteiger partial charge in [0.05, 0.1) is 66.2 Å².